The SMILES string of the molecule is CCc1nsc(SCc2ccc(C(=O)O)cc2Cl)n1. The van der Waals surface area contributed by atoms with E-state index in [0.717, 1.165) is 22.1 Å². The first kappa shape index (κ1) is 14.3. The summed E-state index contributed by atoms with van der Waals surface area (Å²) in [6, 6.07) is 4.76. The Bertz CT molecular complexity index is 601. The molecule has 2 rings (SSSR count). The van der Waals surface area contributed by atoms with Crippen LogP contribution in [0, 0.1) is 0 Å². The van der Waals surface area contributed by atoms with Crippen LogP contribution in [0.3, 0.4) is 0 Å². The molecule has 1 aromatic carbocycles. The molecule has 1 heterocycles. The fraction of sp³-hybridized carbons (Fsp3) is 0.250. The van der Waals surface area contributed by atoms with Crippen LogP contribution >= 0.6 is 34.9 Å². The molecule has 0 unspecified atom stereocenters. The average molecular weight is 315 g/mol. The molecule has 0 amide bonds. The predicted molar refractivity (Wildman–Crippen MR) is 77.3 cm³/mol. The van der Waals surface area contributed by atoms with Crippen molar-refractivity contribution >= 4 is 40.9 Å². The van der Waals surface area contributed by atoms with Crippen molar-refractivity contribution in [3.8, 4) is 0 Å². The molecule has 1 N–H and O–H groups in total. The van der Waals surface area contributed by atoms with E-state index in [0.29, 0.717) is 10.8 Å². The Morgan fingerprint density at radius 1 is 1.53 bits per heavy atom. The maximum atomic E-state index is 10.8. The summed E-state index contributed by atoms with van der Waals surface area (Å²) in [5, 5.41) is 9.32. The van der Waals surface area contributed by atoms with Gasteiger partial charge in [-0.2, -0.15) is 4.37 Å². The number of carboxylic acid groups (broad SMARTS) is 1. The van der Waals surface area contributed by atoms with E-state index in [2.05, 4.69) is 9.36 Å². The summed E-state index contributed by atoms with van der Waals surface area (Å²) in [4.78, 5) is 15.2. The van der Waals surface area contributed by atoms with Crippen molar-refractivity contribution in [2.24, 2.45) is 0 Å². The molecule has 0 aliphatic rings. The highest BCUT2D eigenvalue weighted by Gasteiger charge is 2.09. The summed E-state index contributed by atoms with van der Waals surface area (Å²) in [7, 11) is 0. The number of hydrogen-bond acceptors (Lipinski definition) is 5. The van der Waals surface area contributed by atoms with Gasteiger partial charge in [0.15, 0.2) is 4.34 Å². The van der Waals surface area contributed by atoms with E-state index in [1.165, 1.54) is 17.6 Å². The molecule has 1 aromatic heterocycles. The molecule has 0 bridgehead atoms. The zero-order chi connectivity index (χ0) is 13.8. The largest absolute Gasteiger partial charge is 0.478 e. The summed E-state index contributed by atoms with van der Waals surface area (Å²) in [5.74, 6) is 0.523. The van der Waals surface area contributed by atoms with Crippen molar-refractivity contribution in [3.05, 3.63) is 40.2 Å². The van der Waals surface area contributed by atoms with Crippen LogP contribution in [-0.2, 0) is 12.2 Å². The van der Waals surface area contributed by atoms with Crippen LogP contribution in [0.1, 0.15) is 28.7 Å². The quantitative estimate of drug-likeness (QED) is 0.852. The number of thioether (sulfide) groups is 1. The summed E-state index contributed by atoms with van der Waals surface area (Å²) >= 11 is 8.99. The lowest BCUT2D eigenvalue weighted by Gasteiger charge is -2.03. The first-order valence-electron chi connectivity index (χ1n) is 5.57. The second-order valence-electron chi connectivity index (χ2n) is 3.73. The number of benzene rings is 1. The van der Waals surface area contributed by atoms with Crippen molar-refractivity contribution in [3.63, 3.8) is 0 Å². The Morgan fingerprint density at radius 2 is 2.32 bits per heavy atom. The highest BCUT2D eigenvalue weighted by atomic mass is 35.5. The standard InChI is InChI=1S/C12H11ClN2O2S2/c1-2-10-14-12(19-15-10)18-6-8-4-3-7(11(16)17)5-9(8)13/h3-5H,2,6H2,1H3,(H,16,17). The van der Waals surface area contributed by atoms with Gasteiger partial charge < -0.3 is 5.11 Å². The molecule has 4 nitrogen and oxygen atoms in total. The number of rotatable bonds is 5. The maximum Gasteiger partial charge on any atom is 0.335 e. The van der Waals surface area contributed by atoms with E-state index >= 15 is 0 Å². The molecular weight excluding hydrogens is 304 g/mol. The van der Waals surface area contributed by atoms with Gasteiger partial charge in [0, 0.05) is 17.2 Å². The van der Waals surface area contributed by atoms with Crippen LogP contribution in [0.4, 0.5) is 0 Å². The lowest BCUT2D eigenvalue weighted by atomic mass is 10.1. The molecule has 100 valence electrons. The summed E-state index contributed by atoms with van der Waals surface area (Å²) < 4.78 is 5.10. The number of carboxylic acids is 1. The van der Waals surface area contributed by atoms with Crippen LogP contribution in [0.2, 0.25) is 5.02 Å². The highest BCUT2D eigenvalue weighted by Crippen LogP contribution is 2.28. The lowest BCUT2D eigenvalue weighted by molar-refractivity contribution is 0.0697. The van der Waals surface area contributed by atoms with Crippen LogP contribution in [0.5, 0.6) is 0 Å². The molecule has 7 heteroatoms. The van der Waals surface area contributed by atoms with Crippen molar-refractivity contribution in [1.29, 1.82) is 0 Å². The Morgan fingerprint density at radius 3 is 2.89 bits per heavy atom. The molecule has 0 aliphatic heterocycles. The average Bonchev–Trinajstić information content (AvgIpc) is 2.85. The molecular formula is C12H11ClN2O2S2. The topological polar surface area (TPSA) is 63.1 Å². The second-order valence-corrected chi connectivity index (χ2v) is 6.11. The van der Waals surface area contributed by atoms with Crippen molar-refractivity contribution in [1.82, 2.24) is 9.36 Å². The van der Waals surface area contributed by atoms with Gasteiger partial charge in [-0.25, -0.2) is 9.78 Å². The van der Waals surface area contributed by atoms with Gasteiger partial charge in [0.05, 0.1) is 5.56 Å². The van der Waals surface area contributed by atoms with Gasteiger partial charge in [-0.3, -0.25) is 0 Å². The van der Waals surface area contributed by atoms with Gasteiger partial charge >= 0.3 is 5.97 Å². The molecule has 19 heavy (non-hydrogen) atoms. The number of hydrogen-bond donors (Lipinski definition) is 1. The fourth-order valence-corrected chi connectivity index (χ4v) is 3.40. The molecule has 0 spiro atoms. The Balaban J connectivity index is 2.05. The summed E-state index contributed by atoms with van der Waals surface area (Å²) in [6.07, 6.45) is 0.825. The number of aromatic carboxylic acids is 1. The number of aryl methyl sites for hydroxylation is 1. The fourth-order valence-electron chi connectivity index (χ4n) is 1.38. The summed E-state index contributed by atoms with van der Waals surface area (Å²) in [6.45, 7) is 2.01. The molecule has 0 fully saturated rings. The zero-order valence-electron chi connectivity index (χ0n) is 10.1. The molecule has 0 aliphatic carbocycles. The lowest BCUT2D eigenvalue weighted by Crippen LogP contribution is -1.96. The van der Waals surface area contributed by atoms with E-state index in [9.17, 15) is 4.79 Å². The zero-order valence-corrected chi connectivity index (χ0v) is 12.5. The van der Waals surface area contributed by atoms with Crippen LogP contribution in [0.25, 0.3) is 0 Å². The van der Waals surface area contributed by atoms with Crippen molar-refractivity contribution in [2.45, 2.75) is 23.4 Å². The van der Waals surface area contributed by atoms with E-state index in [-0.39, 0.29) is 5.56 Å². The van der Waals surface area contributed by atoms with E-state index in [4.69, 9.17) is 16.7 Å². The normalized spacial score (nSPS) is 10.6. The van der Waals surface area contributed by atoms with Gasteiger partial charge in [0.1, 0.15) is 5.82 Å². The molecule has 0 atom stereocenters. The minimum Gasteiger partial charge on any atom is -0.478 e. The first-order chi connectivity index (χ1) is 9.10. The highest BCUT2D eigenvalue weighted by molar-refractivity contribution is 8.00. The van der Waals surface area contributed by atoms with Gasteiger partial charge in [-0.05, 0) is 29.2 Å². The van der Waals surface area contributed by atoms with E-state index < -0.39 is 5.97 Å². The van der Waals surface area contributed by atoms with Gasteiger partial charge in [0.2, 0.25) is 0 Å². The van der Waals surface area contributed by atoms with Crippen LogP contribution < -0.4 is 0 Å². The minimum absolute atomic E-state index is 0.197. The summed E-state index contributed by atoms with van der Waals surface area (Å²) in [5.41, 5.74) is 1.09. The maximum absolute atomic E-state index is 10.8. The molecule has 0 saturated heterocycles. The first-order valence-corrected chi connectivity index (χ1v) is 7.71. The van der Waals surface area contributed by atoms with Crippen molar-refractivity contribution in [2.75, 3.05) is 0 Å². The van der Waals surface area contributed by atoms with Gasteiger partial charge in [0.25, 0.3) is 0 Å². The minimum atomic E-state index is -0.974. The van der Waals surface area contributed by atoms with E-state index in [1.807, 2.05) is 6.92 Å². The van der Waals surface area contributed by atoms with Gasteiger partial charge in [-0.15, -0.1) is 0 Å². The smallest absolute Gasteiger partial charge is 0.335 e. The number of carbonyl (C=O) groups is 1. The molecule has 0 radical (unpaired) electrons. The monoisotopic (exact) mass is 314 g/mol. The van der Waals surface area contributed by atoms with Crippen LogP contribution in [-0.4, -0.2) is 20.4 Å². The van der Waals surface area contributed by atoms with Gasteiger partial charge in [-0.1, -0.05) is 36.4 Å². The third-order valence-corrected chi connectivity index (χ3v) is 4.69. The van der Waals surface area contributed by atoms with E-state index in [1.54, 1.807) is 23.9 Å². The van der Waals surface area contributed by atoms with Crippen LogP contribution in [0.15, 0.2) is 22.5 Å². The Labute approximate surface area is 124 Å². The second kappa shape index (κ2) is 6.36. The third kappa shape index (κ3) is 3.68. The number of halogens is 1. The Hall–Kier alpha value is -1.11. The number of aromatic nitrogens is 2. The molecule has 0 saturated carbocycles. The third-order valence-electron chi connectivity index (χ3n) is 2.42. The Kier molecular flexibility index (Phi) is 4.79. The number of nitrogens with zero attached hydrogens (tertiary/aromatic N) is 2. The molecule has 2 aromatic rings. The van der Waals surface area contributed by atoms with Crippen molar-refractivity contribution < 1.29 is 9.90 Å². The predicted octanol–water partition coefficient (Wildman–Crippen LogP) is 3.74.